The minimum Gasteiger partial charge on any atom is -0.378 e. The van der Waals surface area contributed by atoms with Crippen molar-refractivity contribution in [2.75, 3.05) is 67.2 Å². The molecule has 1 aromatic carbocycles. The third-order valence-electron chi connectivity index (χ3n) is 5.35. The molecule has 1 aromatic heterocycles. The van der Waals surface area contributed by atoms with Crippen LogP contribution in [-0.2, 0) is 10.9 Å². The normalized spacial score (nSPS) is 17.7. The van der Waals surface area contributed by atoms with Gasteiger partial charge in [-0.3, -0.25) is 0 Å². The van der Waals surface area contributed by atoms with Crippen molar-refractivity contribution in [1.29, 1.82) is 5.26 Å². The zero-order valence-corrected chi connectivity index (χ0v) is 16.3. The SMILES string of the molecule is N#Cc1c(N2CCOCC2)ncnc1N1CCN(c2cccc(C(F)(F)F)c2)CC1. The van der Waals surface area contributed by atoms with Gasteiger partial charge < -0.3 is 19.4 Å². The van der Waals surface area contributed by atoms with Gasteiger partial charge in [-0.05, 0) is 18.2 Å². The number of hydrogen-bond donors (Lipinski definition) is 0. The quantitative estimate of drug-likeness (QED) is 0.759. The van der Waals surface area contributed by atoms with E-state index in [0.717, 1.165) is 6.07 Å². The number of piperazine rings is 1. The van der Waals surface area contributed by atoms with Crippen LogP contribution in [0.25, 0.3) is 0 Å². The Bertz CT molecular complexity index is 931. The number of morpholine rings is 1. The van der Waals surface area contributed by atoms with Crippen LogP contribution in [0.2, 0.25) is 0 Å². The highest BCUT2D eigenvalue weighted by atomic mass is 19.4. The average Bonchev–Trinajstić information content (AvgIpc) is 2.79. The Hall–Kier alpha value is -3.06. The Balaban J connectivity index is 1.50. The second-order valence-electron chi connectivity index (χ2n) is 7.13. The summed E-state index contributed by atoms with van der Waals surface area (Å²) >= 11 is 0. The second-order valence-corrected chi connectivity index (χ2v) is 7.13. The molecule has 2 aliphatic heterocycles. The molecule has 0 saturated carbocycles. The number of nitrogens with zero attached hydrogens (tertiary/aromatic N) is 6. The molecule has 0 aliphatic carbocycles. The summed E-state index contributed by atoms with van der Waals surface area (Å²) in [7, 11) is 0. The number of aromatic nitrogens is 2. The molecule has 158 valence electrons. The van der Waals surface area contributed by atoms with E-state index >= 15 is 0 Å². The number of benzene rings is 1. The van der Waals surface area contributed by atoms with Crippen LogP contribution in [0.5, 0.6) is 0 Å². The molecular weight excluding hydrogens is 397 g/mol. The van der Waals surface area contributed by atoms with Gasteiger partial charge in [-0.2, -0.15) is 18.4 Å². The number of nitriles is 1. The Kier molecular flexibility index (Phi) is 5.63. The zero-order valence-electron chi connectivity index (χ0n) is 16.3. The number of ether oxygens (including phenoxy) is 1. The summed E-state index contributed by atoms with van der Waals surface area (Å²) in [5, 5.41) is 9.77. The summed E-state index contributed by atoms with van der Waals surface area (Å²) in [5.74, 6) is 1.17. The lowest BCUT2D eigenvalue weighted by atomic mass is 10.1. The zero-order chi connectivity index (χ0) is 21.1. The molecule has 0 spiro atoms. The first kappa shape index (κ1) is 20.2. The third-order valence-corrected chi connectivity index (χ3v) is 5.35. The van der Waals surface area contributed by atoms with Gasteiger partial charge in [0, 0.05) is 45.0 Å². The molecule has 2 fully saturated rings. The van der Waals surface area contributed by atoms with Crippen molar-refractivity contribution in [2.24, 2.45) is 0 Å². The van der Waals surface area contributed by atoms with Crippen LogP contribution in [0.4, 0.5) is 30.5 Å². The number of rotatable bonds is 3. The topological polar surface area (TPSA) is 68.5 Å². The van der Waals surface area contributed by atoms with Crippen LogP contribution in [0, 0.1) is 11.3 Å². The maximum atomic E-state index is 13.0. The van der Waals surface area contributed by atoms with Gasteiger partial charge in [0.15, 0.2) is 11.6 Å². The second kappa shape index (κ2) is 8.36. The molecule has 3 heterocycles. The van der Waals surface area contributed by atoms with E-state index in [-0.39, 0.29) is 0 Å². The summed E-state index contributed by atoms with van der Waals surface area (Å²) in [4.78, 5) is 14.6. The Morgan fingerprint density at radius 2 is 1.50 bits per heavy atom. The lowest BCUT2D eigenvalue weighted by Crippen LogP contribution is -2.47. The fraction of sp³-hybridized carbons (Fsp3) is 0.450. The molecule has 2 aromatic rings. The van der Waals surface area contributed by atoms with E-state index in [1.165, 1.54) is 18.5 Å². The van der Waals surface area contributed by atoms with Gasteiger partial charge >= 0.3 is 6.18 Å². The maximum Gasteiger partial charge on any atom is 0.416 e. The highest BCUT2D eigenvalue weighted by Gasteiger charge is 2.31. The fourth-order valence-electron chi connectivity index (χ4n) is 3.78. The minimum atomic E-state index is -4.36. The van der Waals surface area contributed by atoms with Crippen molar-refractivity contribution in [3.8, 4) is 6.07 Å². The predicted octanol–water partition coefficient (Wildman–Crippen LogP) is 2.53. The van der Waals surface area contributed by atoms with Crippen molar-refractivity contribution in [1.82, 2.24) is 9.97 Å². The van der Waals surface area contributed by atoms with Crippen LogP contribution < -0.4 is 14.7 Å². The van der Waals surface area contributed by atoms with Crippen molar-refractivity contribution in [3.63, 3.8) is 0 Å². The first-order chi connectivity index (χ1) is 14.5. The molecule has 0 bridgehead atoms. The number of halogens is 3. The van der Waals surface area contributed by atoms with Crippen LogP contribution >= 0.6 is 0 Å². The van der Waals surface area contributed by atoms with Gasteiger partial charge in [0.25, 0.3) is 0 Å². The molecule has 2 saturated heterocycles. The maximum absolute atomic E-state index is 13.0. The van der Waals surface area contributed by atoms with Crippen molar-refractivity contribution in [2.45, 2.75) is 6.18 Å². The van der Waals surface area contributed by atoms with Crippen LogP contribution in [0.15, 0.2) is 30.6 Å². The van der Waals surface area contributed by atoms with E-state index in [9.17, 15) is 18.4 Å². The third kappa shape index (κ3) is 4.11. The molecule has 30 heavy (non-hydrogen) atoms. The molecule has 2 aliphatic rings. The van der Waals surface area contributed by atoms with Gasteiger partial charge in [0.05, 0.1) is 18.8 Å². The van der Waals surface area contributed by atoms with Crippen LogP contribution in [0.3, 0.4) is 0 Å². The lowest BCUT2D eigenvalue weighted by molar-refractivity contribution is -0.137. The van der Waals surface area contributed by atoms with Gasteiger partial charge in [0.1, 0.15) is 18.0 Å². The van der Waals surface area contributed by atoms with Gasteiger partial charge in [-0.1, -0.05) is 6.07 Å². The first-order valence-electron chi connectivity index (χ1n) is 9.72. The molecular formula is C20H21F3N6O. The summed E-state index contributed by atoms with van der Waals surface area (Å²) in [6.07, 6.45) is -2.91. The van der Waals surface area contributed by atoms with Crippen molar-refractivity contribution >= 4 is 17.3 Å². The van der Waals surface area contributed by atoms with E-state index in [1.807, 2.05) is 14.7 Å². The molecule has 0 radical (unpaired) electrons. The standard InChI is InChI=1S/C20H21F3N6O/c21-20(22,23)15-2-1-3-16(12-15)27-4-6-28(7-5-27)18-17(13-24)19(26-14-25-18)29-8-10-30-11-9-29/h1-3,12,14H,4-11H2. The summed E-state index contributed by atoms with van der Waals surface area (Å²) in [5.41, 5.74) is 0.314. The van der Waals surface area contributed by atoms with Crippen LogP contribution in [-0.4, -0.2) is 62.5 Å². The number of alkyl halides is 3. The van der Waals surface area contributed by atoms with Gasteiger partial charge in [-0.15, -0.1) is 0 Å². The Morgan fingerprint density at radius 1 is 0.900 bits per heavy atom. The number of anilines is 3. The molecule has 0 unspecified atom stereocenters. The number of hydrogen-bond acceptors (Lipinski definition) is 7. The highest BCUT2D eigenvalue weighted by Crippen LogP contribution is 2.32. The Labute approximate surface area is 172 Å². The molecule has 0 atom stereocenters. The van der Waals surface area contributed by atoms with Crippen LogP contribution in [0.1, 0.15) is 11.1 Å². The van der Waals surface area contributed by atoms with Crippen molar-refractivity contribution < 1.29 is 17.9 Å². The molecule has 0 amide bonds. The van der Waals surface area contributed by atoms with Gasteiger partial charge in [-0.25, -0.2) is 9.97 Å². The van der Waals surface area contributed by atoms with Gasteiger partial charge in [0.2, 0.25) is 0 Å². The lowest BCUT2D eigenvalue weighted by Gasteiger charge is -2.37. The average molecular weight is 418 g/mol. The smallest absolute Gasteiger partial charge is 0.378 e. The van der Waals surface area contributed by atoms with E-state index in [4.69, 9.17) is 4.74 Å². The van der Waals surface area contributed by atoms with Crippen molar-refractivity contribution in [3.05, 3.63) is 41.7 Å². The molecule has 7 nitrogen and oxygen atoms in total. The molecule has 0 N–H and O–H groups in total. The van der Waals surface area contributed by atoms with E-state index in [2.05, 4.69) is 16.0 Å². The predicted molar refractivity (Wildman–Crippen MR) is 106 cm³/mol. The Morgan fingerprint density at radius 3 is 2.10 bits per heavy atom. The summed E-state index contributed by atoms with van der Waals surface area (Å²) in [6.45, 7) is 4.64. The summed E-state index contributed by atoms with van der Waals surface area (Å²) in [6, 6.07) is 7.61. The fourth-order valence-corrected chi connectivity index (χ4v) is 3.78. The molecule has 10 heteroatoms. The molecule has 4 rings (SSSR count). The largest absolute Gasteiger partial charge is 0.416 e. The monoisotopic (exact) mass is 418 g/mol. The summed E-state index contributed by atoms with van der Waals surface area (Å²) < 4.78 is 44.4. The first-order valence-corrected chi connectivity index (χ1v) is 9.72. The van der Waals surface area contributed by atoms with E-state index in [0.29, 0.717) is 75.4 Å². The van der Waals surface area contributed by atoms with E-state index in [1.54, 1.807) is 6.07 Å². The van der Waals surface area contributed by atoms with E-state index < -0.39 is 11.7 Å². The highest BCUT2D eigenvalue weighted by molar-refractivity contribution is 5.67. The minimum absolute atomic E-state index is 0.423.